The normalized spacial score (nSPS) is 14.2. The number of methoxy groups -OCH3 is 2. The van der Waals surface area contributed by atoms with Crippen LogP contribution in [-0.2, 0) is 9.59 Å². The summed E-state index contributed by atoms with van der Waals surface area (Å²) in [6.45, 7) is 7.90. The van der Waals surface area contributed by atoms with Gasteiger partial charge >= 0.3 is 0 Å². The van der Waals surface area contributed by atoms with Crippen molar-refractivity contribution in [2.24, 2.45) is 0 Å². The lowest BCUT2D eigenvalue weighted by Gasteiger charge is -2.18. The third-order valence-electron chi connectivity index (χ3n) is 4.66. The Morgan fingerprint density at radius 3 is 2.17 bits per heavy atom. The Bertz CT molecular complexity index is 1010. The first-order valence-corrected chi connectivity index (χ1v) is 10.3. The average molecular weight is 412 g/mol. The number of carbonyl (C=O) groups excluding carboxylic acids is 2. The van der Waals surface area contributed by atoms with Crippen LogP contribution in [0, 0.1) is 13.8 Å². The zero-order valence-electron chi connectivity index (χ0n) is 17.5. The lowest BCUT2D eigenvalue weighted by atomic mass is 10.0. The molecule has 0 saturated carbocycles. The summed E-state index contributed by atoms with van der Waals surface area (Å²) in [5.41, 5.74) is 3.61. The van der Waals surface area contributed by atoms with Crippen LogP contribution >= 0.6 is 11.8 Å². The van der Waals surface area contributed by atoms with Crippen molar-refractivity contribution in [3.63, 3.8) is 0 Å². The molecular formula is C23H25NO4S. The van der Waals surface area contributed by atoms with Crippen molar-refractivity contribution >= 4 is 34.8 Å². The molecule has 6 heteroatoms. The van der Waals surface area contributed by atoms with E-state index < -0.39 is 0 Å². The van der Waals surface area contributed by atoms with Gasteiger partial charge in [0.1, 0.15) is 0 Å². The maximum Gasteiger partial charge on any atom is 0.272 e. The highest BCUT2D eigenvalue weighted by atomic mass is 32.2. The Balaban J connectivity index is 2.15. The number of benzene rings is 2. The Morgan fingerprint density at radius 1 is 0.897 bits per heavy atom. The molecule has 0 atom stereocenters. The lowest BCUT2D eigenvalue weighted by Crippen LogP contribution is -2.32. The van der Waals surface area contributed by atoms with E-state index in [1.807, 2.05) is 45.9 Å². The van der Waals surface area contributed by atoms with Gasteiger partial charge in [0, 0.05) is 5.25 Å². The molecular weight excluding hydrogens is 386 g/mol. The smallest absolute Gasteiger partial charge is 0.272 e. The number of hydrogen-bond acceptors (Lipinski definition) is 5. The summed E-state index contributed by atoms with van der Waals surface area (Å²) >= 11 is 1.40. The number of amides is 2. The van der Waals surface area contributed by atoms with E-state index in [0.29, 0.717) is 33.2 Å². The molecule has 29 heavy (non-hydrogen) atoms. The molecule has 0 aromatic heterocycles. The molecule has 0 saturated heterocycles. The van der Waals surface area contributed by atoms with Crippen LogP contribution in [0.5, 0.6) is 11.5 Å². The summed E-state index contributed by atoms with van der Waals surface area (Å²) in [4.78, 5) is 28.5. The molecule has 0 spiro atoms. The number of carbonyl (C=O) groups is 2. The molecule has 1 heterocycles. The maximum absolute atomic E-state index is 13.5. The predicted octanol–water partition coefficient (Wildman–Crippen LogP) is 4.75. The van der Waals surface area contributed by atoms with Crippen molar-refractivity contribution in [3.8, 4) is 11.5 Å². The van der Waals surface area contributed by atoms with Gasteiger partial charge in [0.25, 0.3) is 11.8 Å². The van der Waals surface area contributed by atoms with Crippen LogP contribution in [0.25, 0.3) is 5.57 Å². The van der Waals surface area contributed by atoms with E-state index in [-0.39, 0.29) is 17.1 Å². The number of anilines is 1. The molecule has 152 valence electrons. The molecule has 3 rings (SSSR count). The van der Waals surface area contributed by atoms with Gasteiger partial charge in [-0.2, -0.15) is 0 Å². The molecule has 2 aromatic rings. The molecule has 2 amide bonds. The molecule has 1 aliphatic heterocycles. The van der Waals surface area contributed by atoms with Gasteiger partial charge in [0.15, 0.2) is 11.5 Å². The molecule has 5 nitrogen and oxygen atoms in total. The molecule has 0 fully saturated rings. The van der Waals surface area contributed by atoms with Crippen LogP contribution in [0.1, 0.15) is 30.5 Å². The summed E-state index contributed by atoms with van der Waals surface area (Å²) < 4.78 is 10.7. The number of ether oxygens (including phenoxy) is 2. The van der Waals surface area contributed by atoms with Crippen molar-refractivity contribution in [1.82, 2.24) is 0 Å². The standard InChI is InChI=1S/C23H25NO4S/c1-13(2)29-21-20(16-8-10-18(27-5)19(12-16)28-6)22(25)24(23(21)26)17-9-7-14(3)11-15(17)4/h7-13H,1-6H3. The number of imide groups is 1. The number of hydrogen-bond donors (Lipinski definition) is 0. The van der Waals surface area contributed by atoms with E-state index in [2.05, 4.69) is 0 Å². The molecule has 0 N–H and O–H groups in total. The zero-order chi connectivity index (χ0) is 21.3. The molecule has 2 aromatic carbocycles. The number of thioether (sulfide) groups is 1. The van der Waals surface area contributed by atoms with Gasteiger partial charge < -0.3 is 9.47 Å². The minimum Gasteiger partial charge on any atom is -0.493 e. The summed E-state index contributed by atoms with van der Waals surface area (Å²) in [5.74, 6) is 0.470. The van der Waals surface area contributed by atoms with Crippen LogP contribution < -0.4 is 14.4 Å². The highest BCUT2D eigenvalue weighted by molar-refractivity contribution is 8.04. The van der Waals surface area contributed by atoms with Crippen LogP contribution in [-0.4, -0.2) is 31.3 Å². The highest BCUT2D eigenvalue weighted by Gasteiger charge is 2.41. The Labute approximate surface area is 175 Å². The maximum atomic E-state index is 13.5. The summed E-state index contributed by atoms with van der Waals surface area (Å²) in [7, 11) is 3.10. The van der Waals surface area contributed by atoms with Gasteiger partial charge in [-0.15, -0.1) is 11.8 Å². The zero-order valence-corrected chi connectivity index (χ0v) is 18.3. The fraction of sp³-hybridized carbons (Fsp3) is 0.304. The third kappa shape index (κ3) is 3.90. The fourth-order valence-corrected chi connectivity index (χ4v) is 4.36. The minimum atomic E-state index is -0.322. The van der Waals surface area contributed by atoms with Gasteiger partial charge in [-0.25, -0.2) is 4.90 Å². The lowest BCUT2D eigenvalue weighted by molar-refractivity contribution is -0.119. The Hall–Kier alpha value is -2.73. The van der Waals surface area contributed by atoms with Gasteiger partial charge in [-0.05, 0) is 43.2 Å². The molecule has 1 aliphatic rings. The topological polar surface area (TPSA) is 55.8 Å². The van der Waals surface area contributed by atoms with Gasteiger partial charge in [-0.3, -0.25) is 9.59 Å². The average Bonchev–Trinajstić information content (AvgIpc) is 2.91. The third-order valence-corrected chi connectivity index (χ3v) is 5.75. The van der Waals surface area contributed by atoms with E-state index in [1.165, 1.54) is 16.7 Å². The first-order valence-electron chi connectivity index (χ1n) is 9.37. The minimum absolute atomic E-state index is 0.149. The van der Waals surface area contributed by atoms with E-state index in [4.69, 9.17) is 9.47 Å². The van der Waals surface area contributed by atoms with Crippen molar-refractivity contribution < 1.29 is 19.1 Å². The highest BCUT2D eigenvalue weighted by Crippen LogP contribution is 2.42. The summed E-state index contributed by atoms with van der Waals surface area (Å²) in [6.07, 6.45) is 0. The first-order chi connectivity index (χ1) is 13.8. The number of rotatable bonds is 6. The number of aryl methyl sites for hydroxylation is 2. The summed E-state index contributed by atoms with van der Waals surface area (Å²) in [6, 6.07) is 11.0. The van der Waals surface area contributed by atoms with E-state index in [0.717, 1.165) is 11.1 Å². The monoisotopic (exact) mass is 411 g/mol. The second-order valence-corrected chi connectivity index (χ2v) is 8.76. The predicted molar refractivity (Wildman–Crippen MR) is 118 cm³/mol. The van der Waals surface area contributed by atoms with E-state index >= 15 is 0 Å². The second-order valence-electron chi connectivity index (χ2n) is 7.18. The van der Waals surface area contributed by atoms with Crippen molar-refractivity contribution in [1.29, 1.82) is 0 Å². The van der Waals surface area contributed by atoms with Crippen LogP contribution in [0.3, 0.4) is 0 Å². The largest absolute Gasteiger partial charge is 0.493 e. The van der Waals surface area contributed by atoms with E-state index in [1.54, 1.807) is 32.4 Å². The number of nitrogens with zero attached hydrogens (tertiary/aromatic N) is 1. The van der Waals surface area contributed by atoms with Gasteiger partial charge in [0.05, 0.1) is 30.4 Å². The fourth-order valence-electron chi connectivity index (χ4n) is 3.38. The molecule has 0 bridgehead atoms. The SMILES string of the molecule is COc1ccc(C2=C(SC(C)C)C(=O)N(c3ccc(C)cc3C)C2=O)cc1OC. The first kappa shape index (κ1) is 21.0. The Morgan fingerprint density at radius 2 is 1.59 bits per heavy atom. The van der Waals surface area contributed by atoms with Crippen molar-refractivity contribution in [2.45, 2.75) is 32.9 Å². The van der Waals surface area contributed by atoms with Crippen LogP contribution in [0.2, 0.25) is 0 Å². The van der Waals surface area contributed by atoms with E-state index in [9.17, 15) is 9.59 Å². The van der Waals surface area contributed by atoms with Crippen LogP contribution in [0.15, 0.2) is 41.3 Å². The van der Waals surface area contributed by atoms with Crippen molar-refractivity contribution in [3.05, 3.63) is 58.0 Å². The molecule has 0 unspecified atom stereocenters. The molecule has 0 aliphatic carbocycles. The quantitative estimate of drug-likeness (QED) is 0.642. The van der Waals surface area contributed by atoms with Crippen LogP contribution in [0.4, 0.5) is 5.69 Å². The molecule has 0 radical (unpaired) electrons. The Kier molecular flexibility index (Phi) is 6.03. The summed E-state index contributed by atoms with van der Waals surface area (Å²) in [5, 5.41) is 0.149. The second kappa shape index (κ2) is 8.33. The van der Waals surface area contributed by atoms with Gasteiger partial charge in [-0.1, -0.05) is 37.6 Å². The van der Waals surface area contributed by atoms with Gasteiger partial charge in [0.2, 0.25) is 0 Å². The van der Waals surface area contributed by atoms with Crippen molar-refractivity contribution in [2.75, 3.05) is 19.1 Å².